The van der Waals surface area contributed by atoms with E-state index < -0.39 is 0 Å². The van der Waals surface area contributed by atoms with Crippen LogP contribution in [-0.2, 0) is 11.3 Å². The Morgan fingerprint density at radius 1 is 1.05 bits per heavy atom. The van der Waals surface area contributed by atoms with Gasteiger partial charge >= 0.3 is 0 Å². The van der Waals surface area contributed by atoms with Gasteiger partial charge < -0.3 is 29.7 Å². The van der Waals surface area contributed by atoms with E-state index in [1.54, 1.807) is 39.7 Å². The maximum Gasteiger partial charge on any atom is 0.229 e. The third kappa shape index (κ3) is 6.22. The molecule has 37 heavy (non-hydrogen) atoms. The Morgan fingerprint density at radius 2 is 1.76 bits per heavy atom. The van der Waals surface area contributed by atoms with Gasteiger partial charge in [0.2, 0.25) is 17.6 Å². The lowest BCUT2D eigenvalue weighted by Gasteiger charge is -2.33. The van der Waals surface area contributed by atoms with E-state index in [2.05, 4.69) is 51.7 Å². The Kier molecular flexibility index (Phi) is 8.32. The number of piperidine rings is 1. The summed E-state index contributed by atoms with van der Waals surface area (Å²) in [7, 11) is 4.72. The Labute approximate surface area is 218 Å². The largest absolute Gasteiger partial charge is 0.493 e. The van der Waals surface area contributed by atoms with Crippen LogP contribution in [0.25, 0.3) is 0 Å². The van der Waals surface area contributed by atoms with Crippen molar-refractivity contribution in [3.8, 4) is 17.2 Å². The third-order valence-corrected chi connectivity index (χ3v) is 6.54. The molecule has 1 saturated heterocycles. The summed E-state index contributed by atoms with van der Waals surface area (Å²) in [6, 6.07) is 11.8. The molecule has 1 atom stereocenters. The van der Waals surface area contributed by atoms with Crippen molar-refractivity contribution in [1.29, 1.82) is 0 Å². The second-order valence-corrected chi connectivity index (χ2v) is 9.23. The standard InChI is InChI=1S/C28H35N5O4/c1-18-8-10-20(11-9-18)16-29-27(34)21-7-6-12-33(17-21)26-19(2)15-30-28(32-26)31-22-13-23(35-3)25(37-5)24(14-22)36-4/h8-11,13-15,21H,6-7,12,16-17H2,1-5H3,(H,29,34)(H,30,31,32)/t21-/m1/s1. The molecule has 0 spiro atoms. The highest BCUT2D eigenvalue weighted by Crippen LogP contribution is 2.40. The van der Waals surface area contributed by atoms with Crippen molar-refractivity contribution in [2.24, 2.45) is 5.92 Å². The van der Waals surface area contributed by atoms with Crippen LogP contribution in [0.3, 0.4) is 0 Å². The van der Waals surface area contributed by atoms with Crippen LogP contribution >= 0.6 is 0 Å². The van der Waals surface area contributed by atoms with E-state index >= 15 is 0 Å². The zero-order valence-corrected chi connectivity index (χ0v) is 22.1. The average molecular weight is 506 g/mol. The smallest absolute Gasteiger partial charge is 0.229 e. The molecule has 0 radical (unpaired) electrons. The van der Waals surface area contributed by atoms with Crippen LogP contribution in [-0.4, -0.2) is 50.3 Å². The number of nitrogens with zero attached hydrogens (tertiary/aromatic N) is 3. The number of carbonyl (C=O) groups is 1. The maximum absolute atomic E-state index is 13.0. The van der Waals surface area contributed by atoms with Crippen molar-refractivity contribution in [1.82, 2.24) is 15.3 Å². The molecule has 9 heteroatoms. The number of rotatable bonds is 9. The van der Waals surface area contributed by atoms with E-state index in [0.717, 1.165) is 36.3 Å². The van der Waals surface area contributed by atoms with E-state index in [1.165, 1.54) is 5.56 Å². The van der Waals surface area contributed by atoms with Gasteiger partial charge in [-0.15, -0.1) is 0 Å². The predicted octanol–water partition coefficient (Wildman–Crippen LogP) is 4.40. The van der Waals surface area contributed by atoms with Gasteiger partial charge in [0.15, 0.2) is 11.5 Å². The lowest BCUT2D eigenvalue weighted by molar-refractivity contribution is -0.125. The fourth-order valence-corrected chi connectivity index (χ4v) is 4.52. The first-order valence-electron chi connectivity index (χ1n) is 12.4. The number of hydrogen-bond donors (Lipinski definition) is 2. The van der Waals surface area contributed by atoms with Crippen molar-refractivity contribution >= 4 is 23.4 Å². The minimum absolute atomic E-state index is 0.0766. The highest BCUT2D eigenvalue weighted by molar-refractivity contribution is 5.79. The molecule has 1 aromatic heterocycles. The minimum Gasteiger partial charge on any atom is -0.493 e. The second kappa shape index (κ2) is 11.8. The maximum atomic E-state index is 13.0. The topological polar surface area (TPSA) is 97.8 Å². The molecule has 2 heterocycles. The van der Waals surface area contributed by atoms with E-state index in [9.17, 15) is 4.79 Å². The summed E-state index contributed by atoms with van der Waals surface area (Å²) in [4.78, 5) is 24.4. The number of aryl methyl sites for hydroxylation is 2. The summed E-state index contributed by atoms with van der Waals surface area (Å²) in [6.45, 7) is 6.02. The van der Waals surface area contributed by atoms with Gasteiger partial charge in [-0.2, -0.15) is 4.98 Å². The van der Waals surface area contributed by atoms with Crippen LogP contribution in [0.1, 0.15) is 29.5 Å². The number of ether oxygens (including phenoxy) is 3. The third-order valence-electron chi connectivity index (χ3n) is 6.54. The highest BCUT2D eigenvalue weighted by atomic mass is 16.5. The van der Waals surface area contributed by atoms with Gasteiger partial charge in [-0.05, 0) is 32.3 Å². The van der Waals surface area contributed by atoms with E-state index in [4.69, 9.17) is 19.2 Å². The monoisotopic (exact) mass is 505 g/mol. The Balaban J connectivity index is 1.46. The van der Waals surface area contributed by atoms with E-state index in [1.807, 2.05) is 6.92 Å². The summed E-state index contributed by atoms with van der Waals surface area (Å²) in [5.74, 6) is 2.83. The first-order valence-corrected chi connectivity index (χ1v) is 12.4. The molecular formula is C28H35N5O4. The van der Waals surface area contributed by atoms with Crippen molar-refractivity contribution < 1.29 is 19.0 Å². The molecule has 3 aromatic rings. The predicted molar refractivity (Wildman–Crippen MR) is 144 cm³/mol. The Hall–Kier alpha value is -4.01. The lowest BCUT2D eigenvalue weighted by Crippen LogP contribution is -2.43. The lowest BCUT2D eigenvalue weighted by atomic mass is 9.96. The molecular weight excluding hydrogens is 470 g/mol. The molecule has 2 aromatic carbocycles. The summed E-state index contributed by atoms with van der Waals surface area (Å²) >= 11 is 0. The number of carbonyl (C=O) groups excluding carboxylic acids is 1. The van der Waals surface area contributed by atoms with Crippen LogP contribution in [0.15, 0.2) is 42.6 Å². The fourth-order valence-electron chi connectivity index (χ4n) is 4.52. The van der Waals surface area contributed by atoms with Gasteiger partial charge in [0.05, 0.1) is 27.2 Å². The zero-order chi connectivity index (χ0) is 26.4. The quantitative estimate of drug-likeness (QED) is 0.442. The number of amides is 1. The van der Waals surface area contributed by atoms with Gasteiger partial charge in [0.25, 0.3) is 0 Å². The molecule has 4 rings (SSSR count). The van der Waals surface area contributed by atoms with Crippen LogP contribution < -0.4 is 29.7 Å². The average Bonchev–Trinajstić information content (AvgIpc) is 2.93. The number of anilines is 3. The van der Waals surface area contributed by atoms with Gasteiger partial charge in [-0.25, -0.2) is 4.98 Å². The minimum atomic E-state index is -0.0971. The molecule has 1 aliphatic rings. The van der Waals surface area contributed by atoms with Crippen LogP contribution in [0, 0.1) is 19.8 Å². The summed E-state index contributed by atoms with van der Waals surface area (Å²) in [5.41, 5.74) is 3.96. The number of nitrogens with one attached hydrogen (secondary N) is 2. The summed E-state index contributed by atoms with van der Waals surface area (Å²) < 4.78 is 16.3. The van der Waals surface area contributed by atoms with Gasteiger partial charge in [-0.3, -0.25) is 4.79 Å². The van der Waals surface area contributed by atoms with Crippen LogP contribution in [0.4, 0.5) is 17.5 Å². The molecule has 0 unspecified atom stereocenters. The van der Waals surface area contributed by atoms with E-state index in [0.29, 0.717) is 42.0 Å². The first-order chi connectivity index (χ1) is 17.9. The molecule has 196 valence electrons. The Morgan fingerprint density at radius 3 is 2.41 bits per heavy atom. The van der Waals surface area contributed by atoms with Gasteiger partial charge in [-0.1, -0.05) is 29.8 Å². The molecule has 9 nitrogen and oxygen atoms in total. The van der Waals surface area contributed by atoms with Crippen LogP contribution in [0.5, 0.6) is 17.2 Å². The summed E-state index contributed by atoms with van der Waals surface area (Å²) in [5, 5.41) is 6.35. The van der Waals surface area contributed by atoms with Crippen LogP contribution in [0.2, 0.25) is 0 Å². The number of benzene rings is 2. The highest BCUT2D eigenvalue weighted by Gasteiger charge is 2.27. The molecule has 1 aliphatic heterocycles. The molecule has 2 N–H and O–H groups in total. The molecule has 1 amide bonds. The van der Waals surface area contributed by atoms with E-state index in [-0.39, 0.29) is 11.8 Å². The Bertz CT molecular complexity index is 1210. The number of hydrogen-bond acceptors (Lipinski definition) is 8. The van der Waals surface area contributed by atoms with Crippen molar-refractivity contribution in [3.63, 3.8) is 0 Å². The van der Waals surface area contributed by atoms with Gasteiger partial charge in [0, 0.05) is 49.2 Å². The molecule has 0 bridgehead atoms. The SMILES string of the molecule is COc1cc(Nc2ncc(C)c(N3CCC[C@@H](C(=O)NCc4ccc(C)cc4)C3)n2)cc(OC)c1OC. The molecule has 1 fully saturated rings. The zero-order valence-electron chi connectivity index (χ0n) is 22.1. The molecule has 0 aliphatic carbocycles. The summed E-state index contributed by atoms with van der Waals surface area (Å²) in [6.07, 6.45) is 3.57. The molecule has 0 saturated carbocycles. The second-order valence-electron chi connectivity index (χ2n) is 9.23. The van der Waals surface area contributed by atoms with Crippen molar-refractivity contribution in [2.45, 2.75) is 33.2 Å². The van der Waals surface area contributed by atoms with Gasteiger partial charge in [0.1, 0.15) is 5.82 Å². The number of aromatic nitrogens is 2. The van der Waals surface area contributed by atoms with Crippen molar-refractivity contribution in [3.05, 3.63) is 59.3 Å². The fraction of sp³-hybridized carbons (Fsp3) is 0.393. The first kappa shape index (κ1) is 26.1. The number of methoxy groups -OCH3 is 3. The van der Waals surface area contributed by atoms with Crippen molar-refractivity contribution in [2.75, 3.05) is 44.6 Å². The normalized spacial score (nSPS) is 15.2.